The fourth-order valence-corrected chi connectivity index (χ4v) is 1.81. The molecule has 2 aromatic rings. The van der Waals surface area contributed by atoms with E-state index in [0.717, 1.165) is 0 Å². The Morgan fingerprint density at radius 3 is 2.44 bits per heavy atom. The zero-order chi connectivity index (χ0) is 11.7. The molecule has 0 aliphatic heterocycles. The van der Waals surface area contributed by atoms with Gasteiger partial charge in [0.05, 0.1) is 5.38 Å². The maximum absolute atomic E-state index is 13.5. The van der Waals surface area contributed by atoms with Crippen LogP contribution in [0.2, 0.25) is 0 Å². The number of carbonyl (C=O) groups excluding carboxylic acids is 1. The minimum absolute atomic E-state index is 0.183. The van der Waals surface area contributed by atoms with Gasteiger partial charge in [-0.15, -0.1) is 11.6 Å². The molecule has 0 bridgehead atoms. The molecule has 0 amide bonds. The van der Waals surface area contributed by atoms with E-state index in [2.05, 4.69) is 0 Å². The molecule has 0 aromatic heterocycles. The Hall–Kier alpha value is -1.41. The summed E-state index contributed by atoms with van der Waals surface area (Å²) < 4.78 is 13.5. The smallest absolute Gasteiger partial charge is 0.181 e. The van der Waals surface area contributed by atoms with Gasteiger partial charge in [0, 0.05) is 10.9 Å². The molecule has 2 aromatic carbocycles. The second-order valence-electron chi connectivity index (χ2n) is 3.62. The largest absolute Gasteiger partial charge is 0.292 e. The molecule has 0 saturated heterocycles. The van der Waals surface area contributed by atoms with E-state index in [0.29, 0.717) is 16.3 Å². The molecule has 1 unspecified atom stereocenters. The molecule has 0 N–H and O–H groups in total. The van der Waals surface area contributed by atoms with Crippen LogP contribution in [0.5, 0.6) is 0 Å². The molecule has 0 fully saturated rings. The molecule has 0 aliphatic carbocycles. The summed E-state index contributed by atoms with van der Waals surface area (Å²) in [7, 11) is 0. The van der Waals surface area contributed by atoms with Gasteiger partial charge in [-0.25, -0.2) is 4.39 Å². The molecule has 82 valence electrons. The van der Waals surface area contributed by atoms with Crippen LogP contribution >= 0.6 is 11.6 Å². The maximum Gasteiger partial charge on any atom is 0.181 e. The van der Waals surface area contributed by atoms with E-state index in [-0.39, 0.29) is 11.6 Å². The summed E-state index contributed by atoms with van der Waals surface area (Å²) in [5.74, 6) is -0.507. The van der Waals surface area contributed by atoms with Gasteiger partial charge in [0.2, 0.25) is 0 Å². The standard InChI is InChI=1S/C13H10ClFO/c1-8(14)13(16)11-6-7-12(15)10-5-3-2-4-9(10)11/h2-8H,1H3. The highest BCUT2D eigenvalue weighted by atomic mass is 35.5. The van der Waals surface area contributed by atoms with Gasteiger partial charge >= 0.3 is 0 Å². The first-order valence-electron chi connectivity index (χ1n) is 4.97. The van der Waals surface area contributed by atoms with Gasteiger partial charge in [-0.1, -0.05) is 24.3 Å². The van der Waals surface area contributed by atoms with Crippen LogP contribution < -0.4 is 0 Å². The van der Waals surface area contributed by atoms with Crippen LogP contribution in [0.3, 0.4) is 0 Å². The highest BCUT2D eigenvalue weighted by molar-refractivity contribution is 6.34. The second kappa shape index (κ2) is 4.22. The van der Waals surface area contributed by atoms with Crippen molar-refractivity contribution in [3.05, 3.63) is 47.8 Å². The summed E-state index contributed by atoms with van der Waals surface area (Å²) in [6.45, 7) is 1.61. The van der Waals surface area contributed by atoms with Crippen LogP contribution in [0.15, 0.2) is 36.4 Å². The highest BCUT2D eigenvalue weighted by Crippen LogP contribution is 2.23. The molecule has 0 saturated carbocycles. The van der Waals surface area contributed by atoms with Gasteiger partial charge in [-0.3, -0.25) is 4.79 Å². The minimum Gasteiger partial charge on any atom is -0.292 e. The van der Waals surface area contributed by atoms with Crippen molar-refractivity contribution in [2.45, 2.75) is 12.3 Å². The number of fused-ring (bicyclic) bond motifs is 1. The van der Waals surface area contributed by atoms with E-state index in [1.165, 1.54) is 12.1 Å². The lowest BCUT2D eigenvalue weighted by Crippen LogP contribution is -2.11. The van der Waals surface area contributed by atoms with Crippen LogP contribution in [-0.4, -0.2) is 11.2 Å². The molecule has 0 heterocycles. The number of benzene rings is 2. The summed E-state index contributed by atoms with van der Waals surface area (Å²) in [5.41, 5.74) is 0.472. The average Bonchev–Trinajstić information content (AvgIpc) is 2.29. The van der Waals surface area contributed by atoms with E-state index in [4.69, 9.17) is 11.6 Å². The highest BCUT2D eigenvalue weighted by Gasteiger charge is 2.16. The first kappa shape index (κ1) is 11.1. The number of alkyl halides is 1. The zero-order valence-corrected chi connectivity index (χ0v) is 9.46. The van der Waals surface area contributed by atoms with Crippen LogP contribution in [-0.2, 0) is 0 Å². The lowest BCUT2D eigenvalue weighted by Gasteiger charge is -2.07. The molecule has 16 heavy (non-hydrogen) atoms. The molecular weight excluding hydrogens is 227 g/mol. The van der Waals surface area contributed by atoms with Crippen molar-refractivity contribution >= 4 is 28.2 Å². The van der Waals surface area contributed by atoms with Crippen LogP contribution in [0.4, 0.5) is 4.39 Å². The molecular formula is C13H10ClFO. The van der Waals surface area contributed by atoms with Gasteiger partial charge in [0.1, 0.15) is 5.82 Å². The van der Waals surface area contributed by atoms with Gasteiger partial charge in [0.15, 0.2) is 5.78 Å². The van der Waals surface area contributed by atoms with Crippen molar-refractivity contribution in [1.29, 1.82) is 0 Å². The Balaban J connectivity index is 2.72. The van der Waals surface area contributed by atoms with Gasteiger partial charge < -0.3 is 0 Å². The number of carbonyl (C=O) groups is 1. The van der Waals surface area contributed by atoms with Crippen molar-refractivity contribution in [3.8, 4) is 0 Å². The fraction of sp³-hybridized carbons (Fsp3) is 0.154. The van der Waals surface area contributed by atoms with Gasteiger partial charge in [-0.2, -0.15) is 0 Å². The van der Waals surface area contributed by atoms with Crippen molar-refractivity contribution in [3.63, 3.8) is 0 Å². The van der Waals surface area contributed by atoms with Crippen LogP contribution in [0.25, 0.3) is 10.8 Å². The first-order chi connectivity index (χ1) is 7.61. The topological polar surface area (TPSA) is 17.1 Å². The molecule has 2 rings (SSSR count). The predicted molar refractivity (Wildman–Crippen MR) is 63.6 cm³/mol. The molecule has 1 nitrogen and oxygen atoms in total. The maximum atomic E-state index is 13.5. The third-order valence-electron chi connectivity index (χ3n) is 2.50. The Morgan fingerprint density at radius 2 is 1.81 bits per heavy atom. The van der Waals surface area contributed by atoms with E-state index >= 15 is 0 Å². The normalized spacial score (nSPS) is 12.7. The predicted octanol–water partition coefficient (Wildman–Crippen LogP) is 3.79. The number of halogens is 2. The molecule has 0 spiro atoms. The minimum atomic E-state index is -0.603. The molecule has 3 heteroatoms. The van der Waals surface area contributed by atoms with E-state index in [1.54, 1.807) is 31.2 Å². The number of Topliss-reactive ketones (excluding diaryl/α,β-unsaturated/α-hetero) is 1. The summed E-state index contributed by atoms with van der Waals surface area (Å²) >= 11 is 5.76. The third kappa shape index (κ3) is 1.81. The Morgan fingerprint density at radius 1 is 1.19 bits per heavy atom. The van der Waals surface area contributed by atoms with Crippen molar-refractivity contribution in [2.75, 3.05) is 0 Å². The Kier molecular flexibility index (Phi) is 2.92. The summed E-state index contributed by atoms with van der Waals surface area (Å²) in [6.07, 6.45) is 0. The number of hydrogen-bond acceptors (Lipinski definition) is 1. The summed E-state index contributed by atoms with van der Waals surface area (Å²) in [4.78, 5) is 11.8. The number of rotatable bonds is 2. The van der Waals surface area contributed by atoms with Crippen LogP contribution in [0.1, 0.15) is 17.3 Å². The molecule has 0 aliphatic rings. The lowest BCUT2D eigenvalue weighted by atomic mass is 10.00. The third-order valence-corrected chi connectivity index (χ3v) is 2.70. The quantitative estimate of drug-likeness (QED) is 0.573. The van der Waals surface area contributed by atoms with Crippen molar-refractivity contribution < 1.29 is 9.18 Å². The average molecular weight is 237 g/mol. The van der Waals surface area contributed by atoms with Crippen molar-refractivity contribution in [1.82, 2.24) is 0 Å². The zero-order valence-electron chi connectivity index (χ0n) is 8.71. The van der Waals surface area contributed by atoms with E-state index in [9.17, 15) is 9.18 Å². The monoisotopic (exact) mass is 236 g/mol. The summed E-state index contributed by atoms with van der Waals surface area (Å²) in [6, 6.07) is 9.68. The number of ketones is 1. The van der Waals surface area contributed by atoms with Gasteiger partial charge in [0.25, 0.3) is 0 Å². The second-order valence-corrected chi connectivity index (χ2v) is 4.28. The Labute approximate surface area is 97.8 Å². The summed E-state index contributed by atoms with van der Waals surface area (Å²) in [5, 5.41) is 0.458. The van der Waals surface area contributed by atoms with Gasteiger partial charge in [-0.05, 0) is 24.4 Å². The lowest BCUT2D eigenvalue weighted by molar-refractivity contribution is 0.0993. The van der Waals surface area contributed by atoms with Crippen LogP contribution in [0, 0.1) is 5.82 Å². The Bertz CT molecular complexity index is 549. The number of hydrogen-bond donors (Lipinski definition) is 0. The molecule has 0 radical (unpaired) electrons. The van der Waals surface area contributed by atoms with E-state index < -0.39 is 5.38 Å². The fourth-order valence-electron chi connectivity index (χ4n) is 1.69. The molecule has 1 atom stereocenters. The van der Waals surface area contributed by atoms with E-state index in [1.807, 2.05) is 0 Å². The first-order valence-corrected chi connectivity index (χ1v) is 5.40. The SMILES string of the molecule is CC(Cl)C(=O)c1ccc(F)c2ccccc12. The van der Waals surface area contributed by atoms with Crippen molar-refractivity contribution in [2.24, 2.45) is 0 Å².